The highest BCUT2D eigenvalue weighted by molar-refractivity contribution is 7.89. The first-order chi connectivity index (χ1) is 9.16. The number of hydrogen-bond donors (Lipinski definition) is 3. The molecular formula is C12H22N4O2S. The summed E-state index contributed by atoms with van der Waals surface area (Å²) in [5, 5.41) is 3.36. The molecule has 108 valence electrons. The molecule has 0 bridgehead atoms. The normalized spacial score (nSPS) is 20.5. The maximum Gasteiger partial charge on any atom is 0.211 e. The van der Waals surface area contributed by atoms with Crippen molar-refractivity contribution in [1.82, 2.24) is 20.0 Å². The van der Waals surface area contributed by atoms with Crippen LogP contribution >= 0.6 is 0 Å². The van der Waals surface area contributed by atoms with Gasteiger partial charge in [0, 0.05) is 30.9 Å². The van der Waals surface area contributed by atoms with E-state index in [0.29, 0.717) is 25.4 Å². The van der Waals surface area contributed by atoms with E-state index in [0.717, 1.165) is 18.7 Å². The van der Waals surface area contributed by atoms with E-state index in [1.54, 1.807) is 12.5 Å². The molecule has 1 aromatic rings. The first kappa shape index (κ1) is 14.5. The Morgan fingerprint density at radius 1 is 1.42 bits per heavy atom. The third-order valence-electron chi connectivity index (χ3n) is 3.42. The Labute approximate surface area is 114 Å². The number of rotatable bonds is 7. The van der Waals surface area contributed by atoms with Gasteiger partial charge in [-0.3, -0.25) is 0 Å². The van der Waals surface area contributed by atoms with Gasteiger partial charge in [-0.05, 0) is 25.8 Å². The molecule has 0 spiro atoms. The fraction of sp³-hybridized carbons (Fsp3) is 0.750. The van der Waals surface area contributed by atoms with Gasteiger partial charge in [-0.15, -0.1) is 0 Å². The molecule has 1 aliphatic rings. The van der Waals surface area contributed by atoms with Crippen molar-refractivity contribution in [3.63, 3.8) is 0 Å². The van der Waals surface area contributed by atoms with Crippen molar-refractivity contribution in [3.05, 3.63) is 18.2 Å². The summed E-state index contributed by atoms with van der Waals surface area (Å²) < 4.78 is 26.3. The summed E-state index contributed by atoms with van der Waals surface area (Å²) in [5.74, 6) is 0.202. The van der Waals surface area contributed by atoms with Crippen molar-refractivity contribution in [2.75, 3.05) is 18.8 Å². The lowest BCUT2D eigenvalue weighted by Gasteiger charge is -2.23. The van der Waals surface area contributed by atoms with E-state index in [4.69, 9.17) is 0 Å². The summed E-state index contributed by atoms with van der Waals surface area (Å²) >= 11 is 0. The Bertz CT molecular complexity index is 452. The van der Waals surface area contributed by atoms with Gasteiger partial charge in [0.05, 0.1) is 12.1 Å². The number of hydrogen-bond acceptors (Lipinski definition) is 4. The maximum atomic E-state index is 11.8. The van der Waals surface area contributed by atoms with E-state index in [1.165, 1.54) is 12.8 Å². The Balaban J connectivity index is 1.66. The minimum atomic E-state index is -3.16. The molecule has 1 saturated heterocycles. The van der Waals surface area contributed by atoms with Gasteiger partial charge in [-0.1, -0.05) is 6.42 Å². The monoisotopic (exact) mass is 286 g/mol. The van der Waals surface area contributed by atoms with Crippen LogP contribution in [0.2, 0.25) is 0 Å². The van der Waals surface area contributed by atoms with Crippen molar-refractivity contribution in [2.45, 2.75) is 38.1 Å². The summed E-state index contributed by atoms with van der Waals surface area (Å²) in [6.45, 7) is 1.43. The minimum absolute atomic E-state index is 0.202. The fourth-order valence-corrected chi connectivity index (χ4v) is 3.45. The summed E-state index contributed by atoms with van der Waals surface area (Å²) in [4.78, 5) is 6.84. The molecule has 2 rings (SSSR count). The molecule has 0 radical (unpaired) electrons. The van der Waals surface area contributed by atoms with E-state index in [1.807, 2.05) is 0 Å². The van der Waals surface area contributed by atoms with Crippen LogP contribution in [0.5, 0.6) is 0 Å². The summed E-state index contributed by atoms with van der Waals surface area (Å²) in [6, 6.07) is 0.359. The third kappa shape index (κ3) is 5.30. The quantitative estimate of drug-likeness (QED) is 0.677. The van der Waals surface area contributed by atoms with Gasteiger partial charge in [0.25, 0.3) is 0 Å². The van der Waals surface area contributed by atoms with Gasteiger partial charge in [0.1, 0.15) is 0 Å². The van der Waals surface area contributed by atoms with Crippen molar-refractivity contribution < 1.29 is 8.42 Å². The second kappa shape index (κ2) is 7.02. The molecule has 1 aromatic heterocycles. The molecule has 1 aliphatic heterocycles. The average Bonchev–Trinajstić information content (AvgIpc) is 2.91. The third-order valence-corrected chi connectivity index (χ3v) is 4.84. The Hall–Kier alpha value is -0.920. The Morgan fingerprint density at radius 3 is 3.00 bits per heavy atom. The van der Waals surface area contributed by atoms with Gasteiger partial charge >= 0.3 is 0 Å². The highest BCUT2D eigenvalue weighted by Crippen LogP contribution is 2.10. The lowest BCUT2D eigenvalue weighted by molar-refractivity contribution is 0.392. The second-order valence-corrected chi connectivity index (χ2v) is 6.90. The average molecular weight is 286 g/mol. The number of piperidine rings is 1. The second-order valence-electron chi connectivity index (χ2n) is 4.98. The topological polar surface area (TPSA) is 86.9 Å². The molecule has 1 atom stereocenters. The zero-order chi connectivity index (χ0) is 13.6. The molecule has 19 heavy (non-hydrogen) atoms. The number of H-pyrrole nitrogens is 1. The van der Waals surface area contributed by atoms with Crippen LogP contribution < -0.4 is 10.0 Å². The Morgan fingerprint density at radius 2 is 2.32 bits per heavy atom. The van der Waals surface area contributed by atoms with E-state index < -0.39 is 10.0 Å². The molecule has 6 nitrogen and oxygen atoms in total. The van der Waals surface area contributed by atoms with Gasteiger partial charge < -0.3 is 10.3 Å². The van der Waals surface area contributed by atoms with Gasteiger partial charge in [0.2, 0.25) is 10.0 Å². The van der Waals surface area contributed by atoms with Gasteiger partial charge in [-0.25, -0.2) is 18.1 Å². The lowest BCUT2D eigenvalue weighted by Crippen LogP contribution is -2.37. The first-order valence-corrected chi connectivity index (χ1v) is 8.49. The van der Waals surface area contributed by atoms with Gasteiger partial charge in [-0.2, -0.15) is 0 Å². The van der Waals surface area contributed by atoms with Crippen LogP contribution in [-0.2, 0) is 16.4 Å². The number of aromatic amines is 1. The summed E-state index contributed by atoms with van der Waals surface area (Å²) in [5.41, 5.74) is 0.941. The van der Waals surface area contributed by atoms with Crippen molar-refractivity contribution in [1.29, 1.82) is 0 Å². The van der Waals surface area contributed by atoms with Crippen LogP contribution in [-0.4, -0.2) is 43.3 Å². The highest BCUT2D eigenvalue weighted by Gasteiger charge is 2.17. The molecule has 2 heterocycles. The predicted molar refractivity (Wildman–Crippen MR) is 74.3 cm³/mol. The lowest BCUT2D eigenvalue weighted by atomic mass is 10.0. The number of nitrogens with zero attached hydrogens (tertiary/aromatic N) is 1. The predicted octanol–water partition coefficient (Wildman–Crippen LogP) is 0.404. The summed E-state index contributed by atoms with van der Waals surface area (Å²) in [7, 11) is -3.16. The van der Waals surface area contributed by atoms with Crippen LogP contribution in [0.15, 0.2) is 12.5 Å². The molecule has 0 aromatic carbocycles. The minimum Gasteiger partial charge on any atom is -0.348 e. The smallest absolute Gasteiger partial charge is 0.211 e. The summed E-state index contributed by atoms with van der Waals surface area (Å²) in [6.07, 6.45) is 8.12. The molecule has 0 amide bonds. The number of aromatic nitrogens is 2. The SMILES string of the molecule is O=S(=O)(CCC1CCCCN1)NCCc1cnc[nH]1. The molecule has 7 heteroatoms. The number of nitrogens with one attached hydrogen (secondary N) is 3. The van der Waals surface area contributed by atoms with E-state index in [-0.39, 0.29) is 5.75 Å². The van der Waals surface area contributed by atoms with E-state index in [2.05, 4.69) is 20.0 Å². The van der Waals surface area contributed by atoms with Crippen LogP contribution in [0.1, 0.15) is 31.4 Å². The largest absolute Gasteiger partial charge is 0.348 e. The van der Waals surface area contributed by atoms with Crippen molar-refractivity contribution >= 4 is 10.0 Å². The number of sulfonamides is 1. The van der Waals surface area contributed by atoms with E-state index in [9.17, 15) is 8.42 Å². The van der Waals surface area contributed by atoms with E-state index >= 15 is 0 Å². The molecule has 3 N–H and O–H groups in total. The molecule has 1 fully saturated rings. The highest BCUT2D eigenvalue weighted by atomic mass is 32.2. The Kier molecular flexibility index (Phi) is 5.35. The fourth-order valence-electron chi connectivity index (χ4n) is 2.30. The molecule has 0 saturated carbocycles. The maximum absolute atomic E-state index is 11.8. The zero-order valence-corrected chi connectivity index (χ0v) is 11.9. The standard InChI is InChI=1S/C12H22N4O2S/c17-19(18,8-5-11-3-1-2-6-14-11)16-7-4-12-9-13-10-15-12/h9-11,14,16H,1-8H2,(H,13,15). The number of imidazole rings is 1. The first-order valence-electron chi connectivity index (χ1n) is 6.84. The van der Waals surface area contributed by atoms with Crippen LogP contribution in [0, 0.1) is 0 Å². The van der Waals surface area contributed by atoms with Crippen LogP contribution in [0.4, 0.5) is 0 Å². The van der Waals surface area contributed by atoms with Crippen LogP contribution in [0.3, 0.4) is 0 Å². The van der Waals surface area contributed by atoms with Crippen molar-refractivity contribution in [2.24, 2.45) is 0 Å². The molecule has 0 aliphatic carbocycles. The zero-order valence-electron chi connectivity index (χ0n) is 11.1. The van der Waals surface area contributed by atoms with Gasteiger partial charge in [0.15, 0.2) is 0 Å². The molecular weight excluding hydrogens is 264 g/mol. The van der Waals surface area contributed by atoms with Crippen LogP contribution in [0.25, 0.3) is 0 Å². The molecule has 1 unspecified atom stereocenters. The van der Waals surface area contributed by atoms with Crippen molar-refractivity contribution in [3.8, 4) is 0 Å².